The van der Waals surface area contributed by atoms with E-state index in [0.717, 1.165) is 5.69 Å². The van der Waals surface area contributed by atoms with Gasteiger partial charge in [-0.05, 0) is 6.07 Å². The molecular weight excluding hydrogens is 182 g/mol. The second kappa shape index (κ2) is 3.35. The summed E-state index contributed by atoms with van der Waals surface area (Å²) in [6.45, 7) is 0. The summed E-state index contributed by atoms with van der Waals surface area (Å²) >= 11 is 0. The number of nitrogens with two attached hydrogens (primary N) is 2. The molecule has 6 nitrogen and oxygen atoms in total. The van der Waals surface area contributed by atoms with Crippen LogP contribution in [-0.2, 0) is 0 Å². The van der Waals surface area contributed by atoms with Gasteiger partial charge in [0.15, 0.2) is 0 Å². The van der Waals surface area contributed by atoms with Crippen LogP contribution in [0.15, 0.2) is 39.6 Å². The Bertz CT molecular complexity index is 437. The number of amides is 1. The maximum Gasteiger partial charge on any atom is 0.354 e. The first-order valence-electron chi connectivity index (χ1n) is 3.99. The van der Waals surface area contributed by atoms with Gasteiger partial charge in [0.25, 0.3) is 5.91 Å². The van der Waals surface area contributed by atoms with E-state index in [0.29, 0.717) is 5.56 Å². The number of nitrogens with zero attached hydrogens (tertiary/aromatic N) is 3. The Hall–Kier alpha value is -2.08. The summed E-state index contributed by atoms with van der Waals surface area (Å²) in [7, 11) is 0. The van der Waals surface area contributed by atoms with Gasteiger partial charge in [-0.2, -0.15) is 0 Å². The molecule has 14 heavy (non-hydrogen) atoms. The minimum absolute atomic E-state index is 0.233. The molecule has 1 aliphatic heterocycles. The first-order chi connectivity index (χ1) is 6.81. The van der Waals surface area contributed by atoms with Crippen molar-refractivity contribution in [2.45, 2.75) is 0 Å². The molecule has 0 radical (unpaired) electrons. The van der Waals surface area contributed by atoms with Crippen molar-refractivity contribution in [3.05, 3.63) is 29.8 Å². The number of hydrogen-bond acceptors (Lipinski definition) is 3. The third-order valence-electron chi connectivity index (χ3n) is 1.85. The molecule has 0 unspecified atom stereocenters. The standard InChI is InChI=1S/C8H7N5O/c9-13-12-8-10-6-4-2-1-3-5(6)7(14)11-8/h1-4H,(H3,9,10,11,12,14)/p+1. The number of hydrogen-bond donors (Lipinski definition) is 2. The lowest BCUT2D eigenvalue weighted by molar-refractivity contribution is -0.447. The first-order valence-corrected chi connectivity index (χ1v) is 3.99. The molecule has 0 aromatic heterocycles. The lowest BCUT2D eigenvalue weighted by Gasteiger charge is -2.07. The molecule has 1 amide bonds. The molecule has 0 spiro atoms. The minimum Gasteiger partial charge on any atom is -0.304 e. The third kappa shape index (κ3) is 1.38. The minimum atomic E-state index is -0.314. The smallest absolute Gasteiger partial charge is 0.304 e. The van der Waals surface area contributed by atoms with Gasteiger partial charge in [0, 0.05) is 6.07 Å². The molecule has 70 valence electrons. The lowest BCUT2D eigenvalue weighted by Crippen LogP contribution is -2.83. The summed E-state index contributed by atoms with van der Waals surface area (Å²) in [4.78, 5) is 15.1. The Morgan fingerprint density at radius 2 is 2.14 bits per heavy atom. The lowest BCUT2D eigenvalue weighted by atomic mass is 10.1. The highest BCUT2D eigenvalue weighted by Gasteiger charge is 2.22. The van der Waals surface area contributed by atoms with Gasteiger partial charge in [0.1, 0.15) is 11.3 Å². The zero-order chi connectivity index (χ0) is 9.97. The van der Waals surface area contributed by atoms with Crippen LogP contribution in [0, 0.1) is 0 Å². The predicted octanol–water partition coefficient (Wildman–Crippen LogP) is -0.283. The van der Waals surface area contributed by atoms with Crippen LogP contribution >= 0.6 is 0 Å². The molecule has 1 aliphatic rings. The molecule has 0 aliphatic carbocycles. The van der Waals surface area contributed by atoms with Crippen LogP contribution in [0.4, 0.5) is 5.69 Å². The van der Waals surface area contributed by atoms with Gasteiger partial charge in [0.2, 0.25) is 0 Å². The molecule has 0 saturated heterocycles. The van der Waals surface area contributed by atoms with E-state index in [1.807, 2.05) is 12.1 Å². The molecule has 6 heteroatoms. The van der Waals surface area contributed by atoms with Crippen LogP contribution < -0.4 is 11.2 Å². The molecule has 2 rings (SSSR count). The van der Waals surface area contributed by atoms with Crippen molar-refractivity contribution in [2.75, 3.05) is 0 Å². The average molecular weight is 190 g/mol. The summed E-state index contributed by atoms with van der Waals surface area (Å²) in [6, 6.07) is 7.16. The van der Waals surface area contributed by atoms with Crippen LogP contribution in [-0.4, -0.2) is 11.9 Å². The van der Waals surface area contributed by atoms with Gasteiger partial charge >= 0.3 is 5.96 Å². The fourth-order valence-electron chi connectivity index (χ4n) is 1.26. The Morgan fingerprint density at radius 1 is 1.36 bits per heavy atom. The number of carbonyl (C=O) groups is 1. The number of fused-ring (bicyclic) bond motifs is 1. The average Bonchev–Trinajstić information content (AvgIpc) is 2.18. The van der Waals surface area contributed by atoms with E-state index in [1.165, 1.54) is 0 Å². The Morgan fingerprint density at radius 3 is 2.93 bits per heavy atom. The van der Waals surface area contributed by atoms with Crippen molar-refractivity contribution in [1.82, 2.24) is 0 Å². The van der Waals surface area contributed by atoms with Crippen molar-refractivity contribution in [3.8, 4) is 0 Å². The van der Waals surface area contributed by atoms with E-state index in [2.05, 4.69) is 15.3 Å². The number of guanidine groups is 1. The van der Waals surface area contributed by atoms with Gasteiger partial charge in [-0.3, -0.25) is 4.79 Å². The number of benzene rings is 1. The van der Waals surface area contributed by atoms with Gasteiger partial charge in [-0.25, -0.2) is 5.32 Å². The normalized spacial score (nSPS) is 15.4. The zero-order valence-electron chi connectivity index (χ0n) is 7.21. The van der Waals surface area contributed by atoms with E-state index >= 15 is 0 Å². The van der Waals surface area contributed by atoms with Crippen molar-refractivity contribution < 1.29 is 10.1 Å². The third-order valence-corrected chi connectivity index (χ3v) is 1.85. The summed E-state index contributed by atoms with van der Waals surface area (Å²) < 4.78 is 0. The second-order valence-corrected chi connectivity index (χ2v) is 2.72. The summed E-state index contributed by atoms with van der Waals surface area (Å²) in [5.74, 6) is 4.79. The van der Waals surface area contributed by atoms with E-state index < -0.39 is 0 Å². The number of aliphatic imine (C=N–C) groups is 1. The highest BCUT2D eigenvalue weighted by Crippen LogP contribution is 2.13. The van der Waals surface area contributed by atoms with Crippen LogP contribution in [0.3, 0.4) is 0 Å². The number of rotatable bonds is 0. The quantitative estimate of drug-likeness (QED) is 0.254. The van der Waals surface area contributed by atoms with Crippen LogP contribution in [0.1, 0.15) is 10.4 Å². The molecule has 0 bridgehead atoms. The summed E-state index contributed by atoms with van der Waals surface area (Å²) in [5, 5.41) is 8.25. The number of para-hydroxylation sites is 1. The van der Waals surface area contributed by atoms with Crippen LogP contribution in [0.5, 0.6) is 0 Å². The maximum absolute atomic E-state index is 11.4. The molecule has 1 aromatic rings. The predicted molar refractivity (Wildman–Crippen MR) is 48.8 cm³/mol. The van der Waals surface area contributed by atoms with Crippen molar-refractivity contribution in [2.24, 2.45) is 21.2 Å². The van der Waals surface area contributed by atoms with E-state index in [9.17, 15) is 4.79 Å². The number of quaternary nitrogens is 1. The molecule has 0 fully saturated rings. The second-order valence-electron chi connectivity index (χ2n) is 2.72. The largest absolute Gasteiger partial charge is 0.354 e. The van der Waals surface area contributed by atoms with E-state index in [-0.39, 0.29) is 11.9 Å². The molecule has 1 heterocycles. The summed E-state index contributed by atoms with van der Waals surface area (Å²) in [5.41, 5.74) is 1.36. The Kier molecular flexibility index (Phi) is 2.04. The van der Waals surface area contributed by atoms with Crippen molar-refractivity contribution >= 4 is 17.6 Å². The van der Waals surface area contributed by atoms with Gasteiger partial charge in [-0.15, -0.1) is 4.99 Å². The Balaban J connectivity index is 2.43. The fraction of sp³-hybridized carbons (Fsp3) is 0. The highest BCUT2D eigenvalue weighted by molar-refractivity contribution is 6.06. The van der Waals surface area contributed by atoms with Crippen LogP contribution in [0.25, 0.3) is 0 Å². The van der Waals surface area contributed by atoms with Crippen LogP contribution in [0.2, 0.25) is 0 Å². The first kappa shape index (κ1) is 8.52. The van der Waals surface area contributed by atoms with E-state index in [4.69, 9.17) is 5.84 Å². The SMILES string of the molecule is NN=NC1=NC(=O)c2ccccc2[NH2+]1. The molecule has 0 saturated carbocycles. The van der Waals surface area contributed by atoms with Gasteiger partial charge < -0.3 is 5.84 Å². The topological polar surface area (TPSA) is 96.8 Å². The summed E-state index contributed by atoms with van der Waals surface area (Å²) in [6.07, 6.45) is 0. The fourth-order valence-corrected chi connectivity index (χ4v) is 1.26. The molecule has 0 atom stereocenters. The van der Waals surface area contributed by atoms with Gasteiger partial charge in [0.05, 0.1) is 0 Å². The number of carbonyl (C=O) groups excluding carboxylic acids is 1. The highest BCUT2D eigenvalue weighted by atomic mass is 16.1. The monoisotopic (exact) mass is 190 g/mol. The Labute approximate surface area is 79.5 Å². The maximum atomic E-state index is 11.4. The molecular formula is C8H8N5O+. The zero-order valence-corrected chi connectivity index (χ0v) is 7.21. The van der Waals surface area contributed by atoms with E-state index in [1.54, 1.807) is 17.4 Å². The van der Waals surface area contributed by atoms with Gasteiger partial charge in [-0.1, -0.05) is 22.5 Å². The molecule has 1 aromatic carbocycles. The van der Waals surface area contributed by atoms with Crippen molar-refractivity contribution in [1.29, 1.82) is 0 Å². The van der Waals surface area contributed by atoms with Crippen molar-refractivity contribution in [3.63, 3.8) is 0 Å². The molecule has 4 N–H and O–H groups in total.